The molecule has 16 heavy (non-hydrogen) atoms. The van der Waals surface area contributed by atoms with Crippen molar-refractivity contribution in [1.82, 2.24) is 0 Å². The van der Waals surface area contributed by atoms with Gasteiger partial charge >= 0.3 is 5.37 Å². The van der Waals surface area contributed by atoms with Gasteiger partial charge in [-0.1, -0.05) is 32.9 Å². The molecule has 90 valence electrons. The van der Waals surface area contributed by atoms with Gasteiger partial charge in [-0.25, -0.2) is 0 Å². The van der Waals surface area contributed by atoms with Crippen molar-refractivity contribution in [3.8, 4) is 0 Å². The summed E-state index contributed by atoms with van der Waals surface area (Å²) in [6.45, 7) is 7.54. The van der Waals surface area contributed by atoms with Crippen molar-refractivity contribution in [2.24, 2.45) is 0 Å². The molecule has 0 aliphatic carbocycles. The van der Waals surface area contributed by atoms with E-state index in [2.05, 4.69) is 0 Å². The molecule has 0 aromatic heterocycles. The van der Waals surface area contributed by atoms with E-state index >= 15 is 0 Å². The summed E-state index contributed by atoms with van der Waals surface area (Å²) in [5, 5.41) is -2.16. The largest absolute Gasteiger partial charge is 0.328 e. The van der Waals surface area contributed by atoms with E-state index in [1.165, 1.54) is 6.07 Å². The van der Waals surface area contributed by atoms with E-state index in [0.29, 0.717) is 5.56 Å². The standard InChI is InChI=1S/C12H15F3S/c1-8-5-6-9(12(2,3)4)7-10(8)16(15)11(13)14/h5-7H,1-4H3. The van der Waals surface area contributed by atoms with Gasteiger partial charge in [-0.3, -0.25) is 0 Å². The zero-order valence-electron chi connectivity index (χ0n) is 9.77. The molecule has 1 aromatic rings. The van der Waals surface area contributed by atoms with E-state index in [1.807, 2.05) is 26.8 Å². The molecule has 1 atom stereocenters. The Balaban J connectivity index is 3.36. The average molecular weight is 248 g/mol. The van der Waals surface area contributed by atoms with Crippen LogP contribution in [0, 0.1) is 6.92 Å². The van der Waals surface area contributed by atoms with Gasteiger partial charge < -0.3 is 0 Å². The summed E-state index contributed by atoms with van der Waals surface area (Å²) in [7, 11) is -2.56. The topological polar surface area (TPSA) is 0 Å². The van der Waals surface area contributed by atoms with Crippen LogP contribution in [0.25, 0.3) is 0 Å². The van der Waals surface area contributed by atoms with Crippen LogP contribution < -0.4 is 0 Å². The molecule has 0 saturated heterocycles. The average Bonchev–Trinajstić information content (AvgIpc) is 2.15. The minimum atomic E-state index is -2.56. The first-order valence-electron chi connectivity index (χ1n) is 4.93. The highest BCUT2D eigenvalue weighted by atomic mass is 32.2. The van der Waals surface area contributed by atoms with Crippen molar-refractivity contribution >= 4 is 16.2 Å². The molecule has 1 aromatic carbocycles. The predicted octanol–water partition coefficient (Wildman–Crippen LogP) is 4.83. The zero-order valence-corrected chi connectivity index (χ0v) is 10.6. The second-order valence-electron chi connectivity index (χ2n) is 4.71. The van der Waals surface area contributed by atoms with Crippen LogP contribution in [0.4, 0.5) is 12.7 Å². The molecule has 1 rings (SSSR count). The number of hydrogen-bond acceptors (Lipinski definition) is 0. The molecule has 0 bridgehead atoms. The second kappa shape index (κ2) is 4.62. The number of benzene rings is 1. The highest BCUT2D eigenvalue weighted by Gasteiger charge is 2.17. The molecule has 0 nitrogen and oxygen atoms in total. The summed E-state index contributed by atoms with van der Waals surface area (Å²) < 4.78 is 37.9. The van der Waals surface area contributed by atoms with Crippen LogP contribution in [-0.4, -0.2) is 5.37 Å². The Kier molecular flexibility index (Phi) is 3.84. The van der Waals surface area contributed by atoms with Gasteiger partial charge in [0.25, 0.3) is 0 Å². The van der Waals surface area contributed by atoms with Crippen molar-refractivity contribution in [3.05, 3.63) is 29.3 Å². The second-order valence-corrected chi connectivity index (χ2v) is 5.97. The van der Waals surface area contributed by atoms with Crippen LogP contribution >= 0.6 is 10.9 Å². The number of hydrogen-bond donors (Lipinski definition) is 0. The van der Waals surface area contributed by atoms with Crippen LogP contribution in [0.2, 0.25) is 0 Å². The maximum atomic E-state index is 13.3. The fraction of sp³-hybridized carbons (Fsp3) is 0.417. The Hall–Kier alpha value is -0.770. The molecule has 0 aliphatic rings. The predicted molar refractivity (Wildman–Crippen MR) is 64.1 cm³/mol. The van der Waals surface area contributed by atoms with Gasteiger partial charge in [-0.15, -0.1) is 0 Å². The summed E-state index contributed by atoms with van der Waals surface area (Å²) in [6.07, 6.45) is 0. The van der Waals surface area contributed by atoms with Crippen LogP contribution in [0.5, 0.6) is 0 Å². The number of aryl methyl sites for hydroxylation is 1. The third-order valence-electron chi connectivity index (χ3n) is 2.38. The lowest BCUT2D eigenvalue weighted by Crippen LogP contribution is -2.11. The van der Waals surface area contributed by atoms with Crippen molar-refractivity contribution in [2.75, 3.05) is 0 Å². The van der Waals surface area contributed by atoms with Gasteiger partial charge in [0.2, 0.25) is 0 Å². The highest BCUT2D eigenvalue weighted by molar-refractivity contribution is 8.11. The molecule has 0 saturated carbocycles. The molecule has 0 heterocycles. The third kappa shape index (κ3) is 2.88. The van der Waals surface area contributed by atoms with E-state index in [9.17, 15) is 12.7 Å². The van der Waals surface area contributed by atoms with Crippen molar-refractivity contribution in [2.45, 2.75) is 38.0 Å². The normalized spacial score (nSPS) is 13.7. The van der Waals surface area contributed by atoms with Crippen molar-refractivity contribution in [1.29, 1.82) is 0 Å². The van der Waals surface area contributed by atoms with E-state index in [0.717, 1.165) is 5.56 Å². The smallest absolute Gasteiger partial charge is 0.163 e. The molecule has 0 fully saturated rings. The highest BCUT2D eigenvalue weighted by Crippen LogP contribution is 2.36. The van der Waals surface area contributed by atoms with Crippen LogP contribution in [-0.2, 0) is 5.41 Å². The van der Waals surface area contributed by atoms with E-state index < -0.39 is 16.2 Å². The lowest BCUT2D eigenvalue weighted by Gasteiger charge is -2.20. The van der Waals surface area contributed by atoms with Crippen LogP contribution in [0.15, 0.2) is 23.1 Å². The summed E-state index contributed by atoms with van der Waals surface area (Å²) >= 11 is 0. The van der Waals surface area contributed by atoms with Crippen molar-refractivity contribution in [3.63, 3.8) is 0 Å². The van der Waals surface area contributed by atoms with Gasteiger partial charge in [-0.2, -0.15) is 12.7 Å². The zero-order chi connectivity index (χ0) is 12.5. The van der Waals surface area contributed by atoms with E-state index in [4.69, 9.17) is 0 Å². The maximum absolute atomic E-state index is 13.3. The third-order valence-corrected chi connectivity index (χ3v) is 3.48. The van der Waals surface area contributed by atoms with Gasteiger partial charge in [0.05, 0.1) is 10.9 Å². The lowest BCUT2D eigenvalue weighted by atomic mass is 9.87. The molecule has 0 aliphatic heterocycles. The molecule has 0 N–H and O–H groups in total. The molecular weight excluding hydrogens is 233 g/mol. The molecule has 4 heteroatoms. The molecule has 0 radical (unpaired) electrons. The first-order chi connectivity index (χ1) is 7.23. The first kappa shape index (κ1) is 13.3. The minimum Gasteiger partial charge on any atom is -0.163 e. The van der Waals surface area contributed by atoms with E-state index in [-0.39, 0.29) is 10.3 Å². The van der Waals surface area contributed by atoms with Gasteiger partial charge in [0.1, 0.15) is 0 Å². The van der Waals surface area contributed by atoms with E-state index in [1.54, 1.807) is 13.0 Å². The Morgan fingerprint density at radius 2 is 1.75 bits per heavy atom. The summed E-state index contributed by atoms with van der Waals surface area (Å²) in [5.41, 5.74) is 1.26. The lowest BCUT2D eigenvalue weighted by molar-refractivity contribution is 0.588. The monoisotopic (exact) mass is 248 g/mol. The van der Waals surface area contributed by atoms with Crippen molar-refractivity contribution < 1.29 is 12.7 Å². The Labute approximate surface area is 96.7 Å². The molecule has 1 unspecified atom stereocenters. The SMILES string of the molecule is Cc1ccc(C(C)(C)C)cc1S(F)=C(F)F. The van der Waals surface area contributed by atoms with Gasteiger partial charge in [0, 0.05) is 4.90 Å². The minimum absolute atomic E-state index is 0.0902. The Morgan fingerprint density at radius 1 is 1.19 bits per heavy atom. The molecular formula is C12H15F3S. The van der Waals surface area contributed by atoms with Crippen LogP contribution in [0.3, 0.4) is 0 Å². The molecule has 0 amide bonds. The Morgan fingerprint density at radius 3 is 2.19 bits per heavy atom. The Bertz CT molecular complexity index is 426. The first-order valence-corrected chi connectivity index (χ1v) is 6.05. The summed E-state index contributed by atoms with van der Waals surface area (Å²) in [5.74, 6) is 0. The number of rotatable bonds is 1. The quantitative estimate of drug-likeness (QED) is 0.493. The fourth-order valence-electron chi connectivity index (χ4n) is 1.34. The number of halogens is 3. The fourth-order valence-corrected chi connectivity index (χ4v) is 2.09. The summed E-state index contributed by atoms with van der Waals surface area (Å²) in [4.78, 5) is 0.0902. The van der Waals surface area contributed by atoms with Gasteiger partial charge in [-0.05, 0) is 29.5 Å². The summed E-state index contributed by atoms with van der Waals surface area (Å²) in [6, 6.07) is 5.09. The molecule has 0 spiro atoms. The van der Waals surface area contributed by atoms with Gasteiger partial charge in [0.15, 0.2) is 0 Å². The van der Waals surface area contributed by atoms with Crippen LogP contribution in [0.1, 0.15) is 31.9 Å². The maximum Gasteiger partial charge on any atom is 0.328 e.